The van der Waals surface area contributed by atoms with Gasteiger partial charge in [0.25, 0.3) is 0 Å². The number of carbonyl (C=O) groups is 1. The van der Waals surface area contributed by atoms with Crippen LogP contribution in [-0.2, 0) is 9.53 Å². The lowest BCUT2D eigenvalue weighted by molar-refractivity contribution is -0.145. The summed E-state index contributed by atoms with van der Waals surface area (Å²) in [7, 11) is 0. The summed E-state index contributed by atoms with van der Waals surface area (Å²) in [5.41, 5.74) is 2.48. The van der Waals surface area contributed by atoms with Gasteiger partial charge < -0.3 is 9.47 Å². The van der Waals surface area contributed by atoms with E-state index in [4.69, 9.17) is 21.1 Å². The van der Waals surface area contributed by atoms with Gasteiger partial charge in [-0.25, -0.2) is 9.48 Å². The summed E-state index contributed by atoms with van der Waals surface area (Å²) in [6.45, 7) is 1.91. The summed E-state index contributed by atoms with van der Waals surface area (Å²) in [6.07, 6.45) is 1.71. The van der Waals surface area contributed by atoms with E-state index in [9.17, 15) is 4.79 Å². The molecular formula is C19H17ClN2O3. The van der Waals surface area contributed by atoms with Gasteiger partial charge in [0.1, 0.15) is 5.75 Å². The van der Waals surface area contributed by atoms with Gasteiger partial charge >= 0.3 is 5.97 Å². The van der Waals surface area contributed by atoms with Gasteiger partial charge in [-0.15, -0.1) is 0 Å². The number of nitrogens with zero attached hydrogens (tertiary/aromatic N) is 2. The van der Waals surface area contributed by atoms with Crippen LogP contribution in [0.3, 0.4) is 0 Å². The summed E-state index contributed by atoms with van der Waals surface area (Å²) in [4.78, 5) is 11.6. The molecule has 0 saturated carbocycles. The monoisotopic (exact) mass is 356 g/mol. The molecule has 128 valence electrons. The molecule has 25 heavy (non-hydrogen) atoms. The molecule has 3 aromatic rings. The molecule has 0 unspecified atom stereocenters. The minimum atomic E-state index is -0.417. The number of benzene rings is 2. The van der Waals surface area contributed by atoms with Crippen molar-refractivity contribution in [1.29, 1.82) is 0 Å². The molecule has 0 aliphatic heterocycles. The zero-order chi connectivity index (χ0) is 17.6. The van der Waals surface area contributed by atoms with Crippen molar-refractivity contribution in [2.24, 2.45) is 0 Å². The van der Waals surface area contributed by atoms with Crippen LogP contribution in [0, 0.1) is 0 Å². The Labute approximate surface area is 150 Å². The Kier molecular flexibility index (Phi) is 5.36. The van der Waals surface area contributed by atoms with Gasteiger partial charge in [-0.3, -0.25) is 0 Å². The van der Waals surface area contributed by atoms with Gasteiger partial charge in [-0.05, 0) is 43.3 Å². The first kappa shape index (κ1) is 17.0. The van der Waals surface area contributed by atoms with E-state index >= 15 is 0 Å². The van der Waals surface area contributed by atoms with E-state index in [0.29, 0.717) is 17.4 Å². The average molecular weight is 357 g/mol. The molecule has 0 N–H and O–H groups in total. The predicted octanol–water partition coefficient (Wildman–Crippen LogP) is 4.13. The van der Waals surface area contributed by atoms with Gasteiger partial charge in [0.05, 0.1) is 24.2 Å². The zero-order valence-corrected chi connectivity index (χ0v) is 14.4. The lowest BCUT2D eigenvalue weighted by Crippen LogP contribution is -2.15. The molecule has 6 heteroatoms. The Morgan fingerprint density at radius 1 is 1.16 bits per heavy atom. The Morgan fingerprint density at radius 2 is 1.96 bits per heavy atom. The van der Waals surface area contributed by atoms with Gasteiger partial charge in [0.2, 0.25) is 0 Å². The van der Waals surface area contributed by atoms with Crippen LogP contribution >= 0.6 is 11.6 Å². The number of hydrogen-bond acceptors (Lipinski definition) is 4. The predicted molar refractivity (Wildman–Crippen MR) is 96.1 cm³/mol. The fourth-order valence-electron chi connectivity index (χ4n) is 2.45. The highest BCUT2D eigenvalue weighted by Crippen LogP contribution is 2.33. The second-order valence-corrected chi connectivity index (χ2v) is 5.63. The standard InChI is InChI=1S/C19H17ClN2O3/c1-2-24-19(23)13-25-18-9-8-14(20)12-16(18)17-10-11-21-22(17)15-6-4-3-5-7-15/h3-12H,2,13H2,1H3. The first-order valence-corrected chi connectivity index (χ1v) is 8.24. The van der Waals surface area contributed by atoms with Crippen LogP contribution in [0.25, 0.3) is 16.9 Å². The molecule has 0 aliphatic rings. The number of carbonyl (C=O) groups excluding carboxylic acids is 1. The van der Waals surface area contributed by atoms with Crippen molar-refractivity contribution in [2.45, 2.75) is 6.92 Å². The second-order valence-electron chi connectivity index (χ2n) is 5.20. The number of esters is 1. The van der Waals surface area contributed by atoms with Crippen LogP contribution in [0.1, 0.15) is 6.92 Å². The summed E-state index contributed by atoms with van der Waals surface area (Å²) >= 11 is 6.17. The number of aromatic nitrogens is 2. The third-order valence-electron chi connectivity index (χ3n) is 3.51. The summed E-state index contributed by atoms with van der Waals surface area (Å²) < 4.78 is 12.3. The quantitative estimate of drug-likeness (QED) is 0.623. The fraction of sp³-hybridized carbons (Fsp3) is 0.158. The smallest absolute Gasteiger partial charge is 0.344 e. The molecular weight excluding hydrogens is 340 g/mol. The van der Waals surface area contributed by atoms with Crippen molar-refractivity contribution in [1.82, 2.24) is 9.78 Å². The Bertz CT molecular complexity index is 862. The minimum absolute atomic E-state index is 0.165. The van der Waals surface area contributed by atoms with Crippen molar-refractivity contribution in [2.75, 3.05) is 13.2 Å². The Balaban J connectivity index is 1.96. The van der Waals surface area contributed by atoms with Crippen LogP contribution in [0.4, 0.5) is 0 Å². The molecule has 3 rings (SSSR count). The molecule has 0 aliphatic carbocycles. The lowest BCUT2D eigenvalue weighted by atomic mass is 10.1. The maximum absolute atomic E-state index is 11.6. The number of rotatable bonds is 6. The number of para-hydroxylation sites is 1. The van der Waals surface area contributed by atoms with Gasteiger partial charge in [0, 0.05) is 10.6 Å². The average Bonchev–Trinajstić information content (AvgIpc) is 3.11. The SMILES string of the molecule is CCOC(=O)COc1ccc(Cl)cc1-c1ccnn1-c1ccccc1. The first-order chi connectivity index (χ1) is 12.2. The number of hydrogen-bond donors (Lipinski definition) is 0. The van der Waals surface area contributed by atoms with E-state index < -0.39 is 5.97 Å². The van der Waals surface area contributed by atoms with E-state index in [-0.39, 0.29) is 6.61 Å². The van der Waals surface area contributed by atoms with Crippen molar-refractivity contribution in [3.05, 3.63) is 65.8 Å². The normalized spacial score (nSPS) is 10.5. The number of ether oxygens (including phenoxy) is 2. The van der Waals surface area contributed by atoms with Gasteiger partial charge in [-0.1, -0.05) is 29.8 Å². The van der Waals surface area contributed by atoms with Crippen LogP contribution in [0.2, 0.25) is 5.02 Å². The fourth-order valence-corrected chi connectivity index (χ4v) is 2.62. The van der Waals surface area contributed by atoms with E-state index in [2.05, 4.69) is 5.10 Å². The molecule has 1 heterocycles. The highest BCUT2D eigenvalue weighted by atomic mass is 35.5. The molecule has 0 amide bonds. The van der Waals surface area contributed by atoms with Crippen LogP contribution < -0.4 is 4.74 Å². The third-order valence-corrected chi connectivity index (χ3v) is 3.75. The van der Waals surface area contributed by atoms with E-state index in [1.807, 2.05) is 36.4 Å². The molecule has 0 radical (unpaired) electrons. The third kappa shape index (κ3) is 4.00. The first-order valence-electron chi connectivity index (χ1n) is 7.87. The topological polar surface area (TPSA) is 53.4 Å². The van der Waals surface area contributed by atoms with E-state index in [0.717, 1.165) is 16.9 Å². The summed E-state index contributed by atoms with van der Waals surface area (Å²) in [5.74, 6) is 0.120. The largest absolute Gasteiger partial charge is 0.481 e. The summed E-state index contributed by atoms with van der Waals surface area (Å²) in [5, 5.41) is 4.95. The van der Waals surface area contributed by atoms with Crippen LogP contribution in [-0.4, -0.2) is 29.0 Å². The molecule has 0 saturated heterocycles. The zero-order valence-electron chi connectivity index (χ0n) is 13.7. The van der Waals surface area contributed by atoms with Crippen LogP contribution in [0.5, 0.6) is 5.75 Å². The Hall–Kier alpha value is -2.79. The molecule has 5 nitrogen and oxygen atoms in total. The Morgan fingerprint density at radius 3 is 2.72 bits per heavy atom. The number of halogens is 1. The van der Waals surface area contributed by atoms with Gasteiger partial charge in [-0.2, -0.15) is 5.10 Å². The van der Waals surface area contributed by atoms with Crippen LogP contribution in [0.15, 0.2) is 60.8 Å². The highest BCUT2D eigenvalue weighted by Gasteiger charge is 2.15. The summed E-state index contributed by atoms with van der Waals surface area (Å²) in [6, 6.07) is 16.9. The molecule has 2 aromatic carbocycles. The highest BCUT2D eigenvalue weighted by molar-refractivity contribution is 6.31. The van der Waals surface area contributed by atoms with Crippen molar-refractivity contribution >= 4 is 17.6 Å². The molecule has 1 aromatic heterocycles. The maximum atomic E-state index is 11.6. The lowest BCUT2D eigenvalue weighted by Gasteiger charge is -2.13. The van der Waals surface area contributed by atoms with Crippen molar-refractivity contribution in [3.63, 3.8) is 0 Å². The van der Waals surface area contributed by atoms with E-state index in [1.165, 1.54) is 0 Å². The molecule has 0 bridgehead atoms. The second kappa shape index (κ2) is 7.85. The molecule has 0 spiro atoms. The molecule has 0 atom stereocenters. The molecule has 0 fully saturated rings. The van der Waals surface area contributed by atoms with Gasteiger partial charge in [0.15, 0.2) is 6.61 Å². The van der Waals surface area contributed by atoms with E-state index in [1.54, 1.807) is 36.0 Å². The van der Waals surface area contributed by atoms with Crippen molar-refractivity contribution < 1.29 is 14.3 Å². The maximum Gasteiger partial charge on any atom is 0.344 e. The van der Waals surface area contributed by atoms with Crippen molar-refractivity contribution in [3.8, 4) is 22.7 Å². The minimum Gasteiger partial charge on any atom is -0.481 e.